The molecule has 1 N–H and O–H groups in total. The molecule has 4 rings (SSSR count). The van der Waals surface area contributed by atoms with Crippen LogP contribution < -0.4 is 5.32 Å². The van der Waals surface area contributed by atoms with E-state index in [-0.39, 0.29) is 5.91 Å². The zero-order chi connectivity index (χ0) is 17.1. The molecule has 0 saturated heterocycles. The van der Waals surface area contributed by atoms with Gasteiger partial charge in [-0.25, -0.2) is 4.98 Å². The highest BCUT2D eigenvalue weighted by Gasteiger charge is 2.14. The number of carbonyl (C=O) groups is 1. The number of benzene rings is 1. The van der Waals surface area contributed by atoms with Crippen molar-refractivity contribution in [1.29, 1.82) is 0 Å². The number of pyridine rings is 1. The van der Waals surface area contributed by atoms with E-state index >= 15 is 0 Å². The Morgan fingerprint density at radius 2 is 2.04 bits per heavy atom. The average molecular weight is 350 g/mol. The van der Waals surface area contributed by atoms with E-state index in [1.807, 2.05) is 23.6 Å². The van der Waals surface area contributed by atoms with E-state index in [0.29, 0.717) is 23.4 Å². The molecule has 3 aromatic heterocycles. The normalized spacial score (nSPS) is 10.9. The fraction of sp³-hybridized carbons (Fsp3) is 0.111. The Morgan fingerprint density at radius 1 is 1.16 bits per heavy atom. The largest absolute Gasteiger partial charge is 0.356 e. The number of thiazole rings is 1. The number of amides is 1. The number of hydrogen-bond donors (Lipinski definition) is 1. The van der Waals surface area contributed by atoms with Crippen molar-refractivity contribution in [2.24, 2.45) is 0 Å². The van der Waals surface area contributed by atoms with Crippen LogP contribution >= 0.6 is 11.3 Å². The SMILES string of the molecule is O=C(NCCc1ccncc1)c1ccc2c(-c3nccs3)noc2c1. The minimum atomic E-state index is -0.136. The number of nitrogens with one attached hydrogen (secondary N) is 1. The number of aromatic nitrogens is 3. The van der Waals surface area contributed by atoms with E-state index in [2.05, 4.69) is 20.4 Å². The maximum atomic E-state index is 12.3. The Balaban J connectivity index is 1.47. The lowest BCUT2D eigenvalue weighted by Gasteiger charge is -2.05. The highest BCUT2D eigenvalue weighted by molar-refractivity contribution is 7.13. The second-order valence-electron chi connectivity index (χ2n) is 5.44. The first-order chi connectivity index (χ1) is 12.3. The smallest absolute Gasteiger partial charge is 0.251 e. The molecule has 0 saturated carbocycles. The molecule has 0 atom stereocenters. The summed E-state index contributed by atoms with van der Waals surface area (Å²) in [6.45, 7) is 0.557. The summed E-state index contributed by atoms with van der Waals surface area (Å²) in [5, 5.41) is 10.5. The third-order valence-electron chi connectivity index (χ3n) is 3.82. The molecule has 25 heavy (non-hydrogen) atoms. The molecule has 124 valence electrons. The Bertz CT molecular complexity index is 997. The second-order valence-corrected chi connectivity index (χ2v) is 6.34. The van der Waals surface area contributed by atoms with Crippen molar-refractivity contribution in [3.05, 3.63) is 65.4 Å². The van der Waals surface area contributed by atoms with Crippen molar-refractivity contribution in [3.63, 3.8) is 0 Å². The van der Waals surface area contributed by atoms with Crippen molar-refractivity contribution in [2.45, 2.75) is 6.42 Å². The Morgan fingerprint density at radius 3 is 2.84 bits per heavy atom. The maximum absolute atomic E-state index is 12.3. The van der Waals surface area contributed by atoms with E-state index in [9.17, 15) is 4.79 Å². The molecule has 1 aromatic carbocycles. The van der Waals surface area contributed by atoms with Gasteiger partial charge in [0.25, 0.3) is 5.91 Å². The number of hydrogen-bond acceptors (Lipinski definition) is 6. The molecule has 0 aliphatic carbocycles. The lowest BCUT2D eigenvalue weighted by Crippen LogP contribution is -2.25. The summed E-state index contributed by atoms with van der Waals surface area (Å²) in [4.78, 5) is 20.5. The van der Waals surface area contributed by atoms with Gasteiger partial charge in [-0.2, -0.15) is 0 Å². The molecular formula is C18H14N4O2S. The first-order valence-corrected chi connectivity index (χ1v) is 8.65. The lowest BCUT2D eigenvalue weighted by molar-refractivity contribution is 0.0954. The second kappa shape index (κ2) is 6.82. The first-order valence-electron chi connectivity index (χ1n) is 7.77. The zero-order valence-corrected chi connectivity index (χ0v) is 14.0. The predicted octanol–water partition coefficient (Wildman–Crippen LogP) is 3.32. The summed E-state index contributed by atoms with van der Waals surface area (Å²) in [6.07, 6.45) is 5.97. The summed E-state index contributed by atoms with van der Waals surface area (Å²) in [5.41, 5.74) is 2.96. The maximum Gasteiger partial charge on any atom is 0.251 e. The Kier molecular flexibility index (Phi) is 4.22. The molecular weight excluding hydrogens is 336 g/mol. The third-order valence-corrected chi connectivity index (χ3v) is 4.60. The molecule has 0 unspecified atom stereocenters. The van der Waals surface area contributed by atoms with Crippen LogP contribution in [0.3, 0.4) is 0 Å². The van der Waals surface area contributed by atoms with Crippen LogP contribution in [0.4, 0.5) is 0 Å². The molecule has 0 radical (unpaired) electrons. The van der Waals surface area contributed by atoms with Crippen molar-refractivity contribution in [3.8, 4) is 10.7 Å². The van der Waals surface area contributed by atoms with Gasteiger partial charge in [-0.05, 0) is 42.3 Å². The van der Waals surface area contributed by atoms with Crippen LogP contribution in [0.1, 0.15) is 15.9 Å². The van der Waals surface area contributed by atoms with E-state index < -0.39 is 0 Å². The number of carbonyl (C=O) groups excluding carboxylic acids is 1. The summed E-state index contributed by atoms with van der Waals surface area (Å²) in [5.74, 6) is -0.136. The van der Waals surface area contributed by atoms with Gasteiger partial charge in [0.1, 0.15) is 10.7 Å². The molecule has 0 spiro atoms. The van der Waals surface area contributed by atoms with Gasteiger partial charge in [-0.15, -0.1) is 11.3 Å². The fourth-order valence-electron chi connectivity index (χ4n) is 2.55. The van der Waals surface area contributed by atoms with Crippen LogP contribution in [0.25, 0.3) is 21.7 Å². The monoisotopic (exact) mass is 350 g/mol. The van der Waals surface area contributed by atoms with Crippen molar-refractivity contribution >= 4 is 28.2 Å². The standard InChI is InChI=1S/C18H14N4O2S/c23-17(20-8-5-12-3-6-19-7-4-12)13-1-2-14-15(11-13)24-22-16(14)18-21-9-10-25-18/h1-4,6-7,9-11H,5,8H2,(H,20,23). The molecule has 1 amide bonds. The number of rotatable bonds is 5. The van der Waals surface area contributed by atoms with Crippen LogP contribution in [0.15, 0.2) is 58.8 Å². The lowest BCUT2D eigenvalue weighted by atomic mass is 10.1. The number of nitrogens with zero attached hydrogens (tertiary/aromatic N) is 3. The predicted molar refractivity (Wildman–Crippen MR) is 95.4 cm³/mol. The minimum absolute atomic E-state index is 0.136. The van der Waals surface area contributed by atoms with Crippen LogP contribution in [-0.2, 0) is 6.42 Å². The summed E-state index contributed by atoms with van der Waals surface area (Å²) in [6, 6.07) is 9.21. The van der Waals surface area contributed by atoms with Crippen LogP contribution in [0, 0.1) is 0 Å². The molecule has 7 heteroatoms. The molecule has 0 aliphatic heterocycles. The molecule has 6 nitrogen and oxygen atoms in total. The highest BCUT2D eigenvalue weighted by atomic mass is 32.1. The minimum Gasteiger partial charge on any atom is -0.356 e. The van der Waals surface area contributed by atoms with Crippen LogP contribution in [0.2, 0.25) is 0 Å². The fourth-order valence-corrected chi connectivity index (χ4v) is 3.18. The van der Waals surface area contributed by atoms with Gasteiger partial charge in [-0.3, -0.25) is 9.78 Å². The van der Waals surface area contributed by atoms with Crippen LogP contribution in [0.5, 0.6) is 0 Å². The average Bonchev–Trinajstić information content (AvgIpc) is 3.31. The van der Waals surface area contributed by atoms with E-state index in [1.54, 1.807) is 30.7 Å². The van der Waals surface area contributed by atoms with Gasteiger partial charge >= 0.3 is 0 Å². The zero-order valence-electron chi connectivity index (χ0n) is 13.2. The number of fused-ring (bicyclic) bond motifs is 1. The van der Waals surface area contributed by atoms with E-state index in [0.717, 1.165) is 22.4 Å². The van der Waals surface area contributed by atoms with Gasteiger partial charge in [0.15, 0.2) is 5.58 Å². The van der Waals surface area contributed by atoms with Gasteiger partial charge < -0.3 is 9.84 Å². The Hall–Kier alpha value is -3.06. The molecule has 0 bridgehead atoms. The summed E-state index contributed by atoms with van der Waals surface area (Å²) in [7, 11) is 0. The Labute approximate surface area is 147 Å². The topological polar surface area (TPSA) is 80.9 Å². The molecule has 4 aromatic rings. The van der Waals surface area contributed by atoms with Crippen molar-refractivity contribution in [1.82, 2.24) is 20.4 Å². The quantitative estimate of drug-likeness (QED) is 0.597. The van der Waals surface area contributed by atoms with Crippen molar-refractivity contribution in [2.75, 3.05) is 6.54 Å². The first kappa shape index (κ1) is 15.5. The van der Waals surface area contributed by atoms with Gasteiger partial charge in [-0.1, -0.05) is 5.16 Å². The van der Waals surface area contributed by atoms with Gasteiger partial charge in [0.2, 0.25) is 0 Å². The van der Waals surface area contributed by atoms with E-state index in [4.69, 9.17) is 4.52 Å². The third kappa shape index (κ3) is 3.27. The summed E-state index contributed by atoms with van der Waals surface area (Å²) < 4.78 is 5.37. The molecule has 0 aliphatic rings. The highest BCUT2D eigenvalue weighted by Crippen LogP contribution is 2.29. The molecule has 3 heterocycles. The van der Waals surface area contributed by atoms with E-state index in [1.165, 1.54) is 11.3 Å². The van der Waals surface area contributed by atoms with Crippen molar-refractivity contribution < 1.29 is 9.32 Å². The van der Waals surface area contributed by atoms with Crippen LogP contribution in [-0.4, -0.2) is 27.6 Å². The van der Waals surface area contributed by atoms with Gasteiger partial charge in [0.05, 0.1) is 5.39 Å². The molecule has 0 fully saturated rings. The summed E-state index contributed by atoms with van der Waals surface area (Å²) >= 11 is 1.50. The van der Waals surface area contributed by atoms with Gasteiger partial charge in [0, 0.05) is 36.1 Å².